The lowest BCUT2D eigenvalue weighted by molar-refractivity contribution is 0.122. The van der Waals surface area contributed by atoms with E-state index in [1.54, 1.807) is 38.3 Å². The quantitative estimate of drug-likeness (QED) is 0.146. The molecule has 1 unspecified atom stereocenters. The van der Waals surface area contributed by atoms with E-state index in [-0.39, 0.29) is 16.6 Å². The second-order valence-electron chi connectivity index (χ2n) is 13.1. The number of hydrogen-bond donors (Lipinski definition) is 3. The second-order valence-corrected chi connectivity index (χ2v) is 13.1. The number of hydrogen-bond acceptors (Lipinski definition) is 5. The van der Waals surface area contributed by atoms with Crippen molar-refractivity contribution >= 4 is 0 Å². The molecule has 0 fully saturated rings. The minimum Gasteiger partial charge on any atom is -0.508 e. The van der Waals surface area contributed by atoms with Crippen LogP contribution in [-0.2, 0) is 10.8 Å². The zero-order chi connectivity index (χ0) is 38.2. The SMILES string of the molecule is CC.CC(O)COc1ccc(C(C)(C)c2ccc(O)cc2)cc1.CCCC.CCCCC.COc1ccc(C(C)(C)c2ccc(O)cc2)cc1. The predicted octanol–water partition coefficient (Wildman–Crippen LogP) is 12.2. The van der Waals surface area contributed by atoms with Gasteiger partial charge in [0.2, 0.25) is 0 Å². The molecular weight excluding hydrogens is 620 g/mol. The highest BCUT2D eigenvalue weighted by Crippen LogP contribution is 2.34. The number of rotatable bonds is 11. The van der Waals surface area contributed by atoms with Crippen molar-refractivity contribution in [2.45, 2.75) is 125 Å². The van der Waals surface area contributed by atoms with Crippen LogP contribution in [0.2, 0.25) is 0 Å². The highest BCUT2D eigenvalue weighted by atomic mass is 16.5. The Morgan fingerprint density at radius 3 is 1.06 bits per heavy atom. The van der Waals surface area contributed by atoms with Gasteiger partial charge in [-0.15, -0.1) is 0 Å². The van der Waals surface area contributed by atoms with E-state index in [4.69, 9.17) is 9.47 Å². The topological polar surface area (TPSA) is 79.2 Å². The van der Waals surface area contributed by atoms with E-state index < -0.39 is 6.10 Å². The summed E-state index contributed by atoms with van der Waals surface area (Å²) in [6, 6.07) is 30.6. The van der Waals surface area contributed by atoms with Crippen molar-refractivity contribution in [2.24, 2.45) is 0 Å². The number of unbranched alkanes of at least 4 members (excludes halogenated alkanes) is 3. The van der Waals surface area contributed by atoms with Crippen LogP contribution in [-0.4, -0.2) is 35.1 Å². The number of phenolic OH excluding ortho intramolecular Hbond substituents is 2. The molecular formula is C45H68O5. The van der Waals surface area contributed by atoms with Gasteiger partial charge in [-0.3, -0.25) is 0 Å². The molecule has 4 rings (SSSR count). The Kier molecular flexibility index (Phi) is 23.1. The molecule has 0 amide bonds. The van der Waals surface area contributed by atoms with E-state index in [1.807, 2.05) is 74.5 Å². The third-order valence-corrected chi connectivity index (χ3v) is 8.26. The first kappa shape index (κ1) is 46.0. The van der Waals surface area contributed by atoms with Crippen molar-refractivity contribution in [3.63, 3.8) is 0 Å². The fourth-order valence-electron chi connectivity index (χ4n) is 4.64. The van der Waals surface area contributed by atoms with Crippen LogP contribution >= 0.6 is 0 Å². The molecule has 5 nitrogen and oxygen atoms in total. The van der Waals surface area contributed by atoms with Gasteiger partial charge < -0.3 is 24.8 Å². The average Bonchev–Trinajstić information content (AvgIpc) is 3.13. The average molecular weight is 689 g/mol. The van der Waals surface area contributed by atoms with E-state index in [2.05, 4.69) is 67.5 Å². The summed E-state index contributed by atoms with van der Waals surface area (Å²) in [5, 5.41) is 28.0. The Morgan fingerprint density at radius 2 is 0.820 bits per heavy atom. The Morgan fingerprint density at radius 1 is 0.520 bits per heavy atom. The van der Waals surface area contributed by atoms with Crippen LogP contribution in [0.4, 0.5) is 0 Å². The van der Waals surface area contributed by atoms with Crippen LogP contribution < -0.4 is 9.47 Å². The van der Waals surface area contributed by atoms with Gasteiger partial charge >= 0.3 is 0 Å². The summed E-state index contributed by atoms with van der Waals surface area (Å²) in [5.41, 5.74) is 4.44. The third kappa shape index (κ3) is 16.6. The van der Waals surface area contributed by atoms with Gasteiger partial charge in [0, 0.05) is 10.8 Å². The number of phenols is 2. The van der Waals surface area contributed by atoms with Crippen molar-refractivity contribution in [3.05, 3.63) is 119 Å². The number of benzene rings is 4. The largest absolute Gasteiger partial charge is 0.508 e. The number of ether oxygens (including phenoxy) is 2. The van der Waals surface area contributed by atoms with Gasteiger partial charge in [-0.2, -0.15) is 0 Å². The molecule has 0 aliphatic heterocycles. The summed E-state index contributed by atoms with van der Waals surface area (Å²) in [4.78, 5) is 0. The molecule has 278 valence electrons. The summed E-state index contributed by atoms with van der Waals surface area (Å²) >= 11 is 0. The van der Waals surface area contributed by atoms with Gasteiger partial charge in [-0.1, -0.05) is 150 Å². The lowest BCUT2D eigenvalue weighted by Gasteiger charge is -2.26. The molecule has 0 spiro atoms. The van der Waals surface area contributed by atoms with Gasteiger partial charge in [-0.05, 0) is 77.7 Å². The normalized spacial score (nSPS) is 11.1. The molecule has 0 radical (unpaired) electrons. The van der Waals surface area contributed by atoms with Crippen LogP contribution in [0.15, 0.2) is 97.1 Å². The molecule has 0 saturated carbocycles. The third-order valence-electron chi connectivity index (χ3n) is 8.26. The molecule has 3 N–H and O–H groups in total. The fourth-order valence-corrected chi connectivity index (χ4v) is 4.64. The molecule has 0 aliphatic carbocycles. The van der Waals surface area contributed by atoms with Gasteiger partial charge in [0.25, 0.3) is 0 Å². The van der Waals surface area contributed by atoms with Crippen molar-refractivity contribution in [1.29, 1.82) is 0 Å². The molecule has 50 heavy (non-hydrogen) atoms. The summed E-state index contributed by atoms with van der Waals surface area (Å²) in [7, 11) is 1.67. The first-order valence-corrected chi connectivity index (χ1v) is 18.4. The maximum absolute atomic E-state index is 9.40. The predicted molar refractivity (Wildman–Crippen MR) is 214 cm³/mol. The van der Waals surface area contributed by atoms with Crippen molar-refractivity contribution in [2.75, 3.05) is 13.7 Å². The maximum Gasteiger partial charge on any atom is 0.119 e. The first-order valence-electron chi connectivity index (χ1n) is 18.4. The summed E-state index contributed by atoms with van der Waals surface area (Å²) in [5.74, 6) is 2.18. The van der Waals surface area contributed by atoms with E-state index in [0.717, 1.165) is 22.6 Å². The Balaban J connectivity index is 0.000000748. The molecule has 4 aromatic rings. The van der Waals surface area contributed by atoms with Crippen molar-refractivity contribution in [3.8, 4) is 23.0 Å². The van der Waals surface area contributed by atoms with Crippen molar-refractivity contribution < 1.29 is 24.8 Å². The van der Waals surface area contributed by atoms with E-state index >= 15 is 0 Å². The fraction of sp³-hybridized carbons (Fsp3) is 0.467. The molecule has 0 bridgehead atoms. The zero-order valence-corrected chi connectivity index (χ0v) is 33.2. The van der Waals surface area contributed by atoms with Gasteiger partial charge in [-0.25, -0.2) is 0 Å². The van der Waals surface area contributed by atoms with Crippen LogP contribution in [0.3, 0.4) is 0 Å². The molecule has 1 atom stereocenters. The molecule has 0 aromatic heterocycles. The zero-order valence-electron chi connectivity index (χ0n) is 33.2. The molecule has 5 heteroatoms. The highest BCUT2D eigenvalue weighted by molar-refractivity contribution is 5.43. The molecule has 0 aliphatic rings. The maximum atomic E-state index is 9.40. The second kappa shape index (κ2) is 25.1. The summed E-state index contributed by atoms with van der Waals surface area (Å²) in [6.07, 6.45) is 6.24. The number of aromatic hydroxyl groups is 2. The van der Waals surface area contributed by atoms with Crippen LogP contribution in [0.5, 0.6) is 23.0 Å². The van der Waals surface area contributed by atoms with E-state index in [0.29, 0.717) is 12.4 Å². The first-order chi connectivity index (χ1) is 23.8. The minimum atomic E-state index is -0.474. The monoisotopic (exact) mass is 689 g/mol. The highest BCUT2D eigenvalue weighted by Gasteiger charge is 2.24. The molecule has 4 aromatic carbocycles. The minimum absolute atomic E-state index is 0.0973. The van der Waals surface area contributed by atoms with Crippen LogP contribution in [0.1, 0.15) is 131 Å². The number of aliphatic hydroxyl groups excluding tert-OH is 1. The summed E-state index contributed by atoms with van der Waals surface area (Å²) in [6.45, 7) is 23.4. The van der Waals surface area contributed by atoms with Gasteiger partial charge in [0.15, 0.2) is 0 Å². The lowest BCUT2D eigenvalue weighted by atomic mass is 9.78. The Bertz CT molecular complexity index is 1370. The van der Waals surface area contributed by atoms with Crippen LogP contribution in [0.25, 0.3) is 0 Å². The number of methoxy groups -OCH3 is 1. The molecule has 0 heterocycles. The lowest BCUT2D eigenvalue weighted by Crippen LogP contribution is -2.18. The smallest absolute Gasteiger partial charge is 0.119 e. The van der Waals surface area contributed by atoms with E-state index in [1.165, 1.54) is 43.2 Å². The Labute approximate surface area is 305 Å². The summed E-state index contributed by atoms with van der Waals surface area (Å²) < 4.78 is 10.6. The van der Waals surface area contributed by atoms with Crippen LogP contribution in [0, 0.1) is 0 Å². The number of aliphatic hydroxyl groups is 1. The standard InChI is InChI=1S/C18H22O3.C16H18O2.C5H12.C4H10.C2H6/c1-13(19)12-21-17-10-6-15(7-11-17)18(2,3)14-4-8-16(20)9-5-14;1-16(2,12-4-8-14(17)9-5-12)13-6-10-15(18-3)11-7-13;1-3-5-4-2;1-3-4-2;1-2/h4-11,13,19-20H,12H2,1-3H3;4-11,17H,1-3H3;3-5H2,1-2H3;3-4H2,1-2H3;1-2H3. The van der Waals surface area contributed by atoms with Crippen molar-refractivity contribution in [1.82, 2.24) is 0 Å². The van der Waals surface area contributed by atoms with Gasteiger partial charge in [0.05, 0.1) is 13.2 Å². The Hall–Kier alpha value is -3.96. The molecule has 0 saturated heterocycles. The van der Waals surface area contributed by atoms with E-state index in [9.17, 15) is 15.3 Å². The van der Waals surface area contributed by atoms with Gasteiger partial charge in [0.1, 0.15) is 29.6 Å².